The van der Waals surface area contributed by atoms with Gasteiger partial charge >= 0.3 is 6.09 Å². The van der Waals surface area contributed by atoms with E-state index in [1.807, 2.05) is 30.3 Å². The summed E-state index contributed by atoms with van der Waals surface area (Å²) in [5.74, 6) is -0.589. The highest BCUT2D eigenvalue weighted by Gasteiger charge is 2.19. The molecule has 1 rings (SSSR count). The molecule has 0 saturated heterocycles. The van der Waals surface area contributed by atoms with Crippen LogP contribution in [0.2, 0.25) is 0 Å². The molecule has 100 valence electrons. The van der Waals surface area contributed by atoms with Crippen molar-refractivity contribution >= 4 is 24.4 Å². The number of hydrogen-bond acceptors (Lipinski definition) is 4. The van der Waals surface area contributed by atoms with E-state index in [2.05, 4.69) is 0 Å². The summed E-state index contributed by atoms with van der Waals surface area (Å²) in [4.78, 5) is 34.5. The first-order valence-electron chi connectivity index (χ1n) is 5.84. The summed E-state index contributed by atoms with van der Waals surface area (Å²) in [6.07, 6.45) is 2.46. The van der Waals surface area contributed by atoms with Crippen LogP contribution < -0.4 is 0 Å². The van der Waals surface area contributed by atoms with Gasteiger partial charge in [-0.25, -0.2) is 9.69 Å². The highest BCUT2D eigenvalue weighted by Crippen LogP contribution is 2.03. The molecule has 0 aliphatic rings. The van der Waals surface area contributed by atoms with Gasteiger partial charge in [0.25, 0.3) is 5.91 Å². The lowest BCUT2D eigenvalue weighted by Crippen LogP contribution is -2.37. The largest absolute Gasteiger partial charge is 0.449 e. The summed E-state index contributed by atoms with van der Waals surface area (Å²) in [6.45, 7) is 1.45. The zero-order chi connectivity index (χ0) is 14.1. The third kappa shape index (κ3) is 4.75. The summed E-state index contributed by atoms with van der Waals surface area (Å²) in [5, 5.41) is 0. The van der Waals surface area contributed by atoms with E-state index in [0.717, 1.165) is 10.5 Å². The number of rotatable bonds is 5. The van der Waals surface area contributed by atoms with Gasteiger partial charge in [-0.15, -0.1) is 0 Å². The zero-order valence-electron chi connectivity index (χ0n) is 10.6. The van der Waals surface area contributed by atoms with Gasteiger partial charge in [0.05, 0.1) is 13.2 Å². The van der Waals surface area contributed by atoms with E-state index >= 15 is 0 Å². The number of imide groups is 1. The average Bonchev–Trinajstić information content (AvgIpc) is 2.43. The van der Waals surface area contributed by atoms with E-state index in [1.165, 1.54) is 6.08 Å². The van der Waals surface area contributed by atoms with Gasteiger partial charge in [0.15, 0.2) is 0 Å². The van der Waals surface area contributed by atoms with E-state index < -0.39 is 12.0 Å². The second-order valence-corrected chi connectivity index (χ2v) is 3.56. The van der Waals surface area contributed by atoms with Crippen molar-refractivity contribution < 1.29 is 19.1 Å². The Morgan fingerprint density at radius 1 is 1.26 bits per heavy atom. The van der Waals surface area contributed by atoms with Crippen LogP contribution in [0.3, 0.4) is 0 Å². The number of carbonyl (C=O) groups is 3. The maximum absolute atomic E-state index is 11.8. The van der Waals surface area contributed by atoms with E-state index in [1.54, 1.807) is 13.0 Å². The Morgan fingerprint density at radius 2 is 1.95 bits per heavy atom. The van der Waals surface area contributed by atoms with Crippen molar-refractivity contribution in [3.63, 3.8) is 0 Å². The predicted molar refractivity (Wildman–Crippen MR) is 70.3 cm³/mol. The topological polar surface area (TPSA) is 63.7 Å². The molecule has 0 saturated carbocycles. The smallest absolute Gasteiger partial charge is 0.417 e. The van der Waals surface area contributed by atoms with Crippen molar-refractivity contribution in [1.82, 2.24) is 4.90 Å². The molecule has 1 aromatic carbocycles. The Hall–Kier alpha value is -2.43. The highest BCUT2D eigenvalue weighted by molar-refractivity contribution is 6.02. The number of nitrogens with zero attached hydrogens (tertiary/aromatic N) is 1. The molecule has 0 aliphatic carbocycles. The summed E-state index contributed by atoms with van der Waals surface area (Å²) in [5.41, 5.74) is 0.825. The maximum Gasteiger partial charge on any atom is 0.417 e. The van der Waals surface area contributed by atoms with E-state index in [0.29, 0.717) is 6.29 Å². The number of aldehydes is 1. The van der Waals surface area contributed by atoms with Gasteiger partial charge in [0.1, 0.15) is 6.29 Å². The lowest BCUT2D eigenvalue weighted by atomic mass is 10.2. The molecule has 0 fully saturated rings. The molecule has 0 N–H and O–H groups in total. The van der Waals surface area contributed by atoms with Crippen LogP contribution in [-0.2, 0) is 14.3 Å². The molecule has 1 aromatic rings. The SMILES string of the molecule is CCOC(=O)N(CC=O)C(=O)/C=C/c1ccccc1. The standard InChI is InChI=1S/C14H15NO4/c1-2-19-14(18)15(10-11-16)13(17)9-8-12-6-4-3-5-7-12/h3-9,11H,2,10H2,1H3/b9-8+. The number of carbonyl (C=O) groups excluding carboxylic acids is 3. The second-order valence-electron chi connectivity index (χ2n) is 3.56. The van der Waals surface area contributed by atoms with Crippen molar-refractivity contribution in [3.05, 3.63) is 42.0 Å². The molecule has 0 spiro atoms. The van der Waals surface area contributed by atoms with Crippen molar-refractivity contribution in [2.45, 2.75) is 6.92 Å². The lowest BCUT2D eigenvalue weighted by molar-refractivity contribution is -0.126. The van der Waals surface area contributed by atoms with E-state index in [4.69, 9.17) is 4.74 Å². The fourth-order valence-corrected chi connectivity index (χ4v) is 1.35. The van der Waals surface area contributed by atoms with Gasteiger partial charge in [-0.05, 0) is 18.6 Å². The van der Waals surface area contributed by atoms with Crippen LogP contribution in [0.4, 0.5) is 4.79 Å². The van der Waals surface area contributed by atoms with Crippen molar-refractivity contribution in [3.8, 4) is 0 Å². The first-order chi connectivity index (χ1) is 9.19. The molecule has 0 bridgehead atoms. The number of benzene rings is 1. The zero-order valence-corrected chi connectivity index (χ0v) is 10.6. The Labute approximate surface area is 111 Å². The van der Waals surface area contributed by atoms with Crippen LogP contribution >= 0.6 is 0 Å². The molecule has 2 amide bonds. The summed E-state index contributed by atoms with van der Waals surface area (Å²) >= 11 is 0. The lowest BCUT2D eigenvalue weighted by Gasteiger charge is -2.15. The quantitative estimate of drug-likeness (QED) is 0.599. The third-order valence-corrected chi connectivity index (χ3v) is 2.23. The summed E-state index contributed by atoms with van der Waals surface area (Å²) in [7, 11) is 0. The Kier molecular flexibility index (Phi) is 6.02. The van der Waals surface area contributed by atoms with E-state index in [-0.39, 0.29) is 13.2 Å². The third-order valence-electron chi connectivity index (χ3n) is 2.23. The monoisotopic (exact) mass is 261 g/mol. The molecule has 5 heteroatoms. The van der Waals surface area contributed by atoms with Crippen molar-refractivity contribution in [2.75, 3.05) is 13.2 Å². The maximum atomic E-state index is 11.8. The van der Waals surface area contributed by atoms with Gasteiger partial charge in [-0.2, -0.15) is 0 Å². The first-order valence-corrected chi connectivity index (χ1v) is 5.84. The van der Waals surface area contributed by atoms with Gasteiger partial charge in [-0.1, -0.05) is 30.3 Å². The molecule has 0 atom stereocenters. The second kappa shape index (κ2) is 7.81. The predicted octanol–water partition coefficient (Wildman–Crippen LogP) is 1.88. The number of ether oxygens (including phenoxy) is 1. The van der Waals surface area contributed by atoms with Gasteiger partial charge in [0, 0.05) is 6.08 Å². The summed E-state index contributed by atoms with van der Waals surface area (Å²) in [6, 6.07) is 9.16. The normalized spacial score (nSPS) is 10.2. The molecule has 0 aromatic heterocycles. The fraction of sp³-hybridized carbons (Fsp3) is 0.214. The van der Waals surface area contributed by atoms with Crippen molar-refractivity contribution in [1.29, 1.82) is 0 Å². The van der Waals surface area contributed by atoms with Crippen LogP contribution in [0.15, 0.2) is 36.4 Å². The fourth-order valence-electron chi connectivity index (χ4n) is 1.35. The number of amides is 2. The van der Waals surface area contributed by atoms with Crippen LogP contribution in [0.1, 0.15) is 12.5 Å². The van der Waals surface area contributed by atoms with Gasteiger partial charge in [-0.3, -0.25) is 4.79 Å². The minimum atomic E-state index is -0.822. The first kappa shape index (κ1) is 14.6. The Morgan fingerprint density at radius 3 is 2.53 bits per heavy atom. The number of hydrogen-bond donors (Lipinski definition) is 0. The molecule has 5 nitrogen and oxygen atoms in total. The molecular weight excluding hydrogens is 246 g/mol. The van der Waals surface area contributed by atoms with E-state index in [9.17, 15) is 14.4 Å². The van der Waals surface area contributed by atoms with Crippen LogP contribution in [0, 0.1) is 0 Å². The van der Waals surface area contributed by atoms with Gasteiger partial charge < -0.3 is 9.53 Å². The van der Waals surface area contributed by atoms with Crippen LogP contribution in [0.5, 0.6) is 0 Å². The van der Waals surface area contributed by atoms with Crippen LogP contribution in [-0.4, -0.2) is 36.3 Å². The van der Waals surface area contributed by atoms with Crippen molar-refractivity contribution in [2.24, 2.45) is 0 Å². The highest BCUT2D eigenvalue weighted by atomic mass is 16.6. The molecule has 0 aliphatic heterocycles. The minimum absolute atomic E-state index is 0.143. The Bertz CT molecular complexity index is 468. The van der Waals surface area contributed by atoms with Gasteiger partial charge in [0.2, 0.25) is 0 Å². The summed E-state index contributed by atoms with van der Waals surface area (Å²) < 4.78 is 4.70. The Balaban J connectivity index is 2.74. The molecule has 0 heterocycles. The molecule has 0 unspecified atom stereocenters. The van der Waals surface area contributed by atoms with Crippen LogP contribution in [0.25, 0.3) is 6.08 Å². The molecule has 0 radical (unpaired) electrons. The average molecular weight is 261 g/mol. The minimum Gasteiger partial charge on any atom is -0.449 e. The molecule has 19 heavy (non-hydrogen) atoms. The molecular formula is C14H15NO4.